The number of halogens is 1. The highest BCUT2D eigenvalue weighted by molar-refractivity contribution is 6.04. The highest BCUT2D eigenvalue weighted by Gasteiger charge is 2.35. The highest BCUT2D eigenvalue weighted by Crippen LogP contribution is 2.36. The quantitative estimate of drug-likeness (QED) is 0.817. The van der Waals surface area contributed by atoms with Crippen LogP contribution in [0.5, 0.6) is 0 Å². The number of nitrogens with zero attached hydrogens (tertiary/aromatic N) is 3. The molecule has 2 aromatic rings. The van der Waals surface area contributed by atoms with Gasteiger partial charge in [-0.1, -0.05) is 18.2 Å². The molecule has 0 fully saturated rings. The van der Waals surface area contributed by atoms with E-state index in [0.29, 0.717) is 5.69 Å². The zero-order valence-corrected chi connectivity index (χ0v) is 16.6. The van der Waals surface area contributed by atoms with Gasteiger partial charge in [0, 0.05) is 12.2 Å². The van der Waals surface area contributed by atoms with Crippen molar-refractivity contribution in [2.75, 3.05) is 32.5 Å². The topological polar surface area (TPSA) is 76.4 Å². The summed E-state index contributed by atoms with van der Waals surface area (Å²) in [7, 11) is 3.55. The molecule has 3 rings (SSSR count). The van der Waals surface area contributed by atoms with Crippen LogP contribution in [-0.2, 0) is 9.59 Å². The fourth-order valence-corrected chi connectivity index (χ4v) is 3.43. The van der Waals surface area contributed by atoms with E-state index in [4.69, 9.17) is 0 Å². The van der Waals surface area contributed by atoms with E-state index in [1.54, 1.807) is 38.1 Å². The van der Waals surface area contributed by atoms with Gasteiger partial charge in [-0.05, 0) is 62.0 Å². The third kappa shape index (κ3) is 4.44. The number of amides is 2. The molecular weight excluding hydrogens is 371 g/mol. The predicted molar refractivity (Wildman–Crippen MR) is 109 cm³/mol. The summed E-state index contributed by atoms with van der Waals surface area (Å²) in [4.78, 5) is 28.4. The molecule has 2 atom stereocenters. The van der Waals surface area contributed by atoms with Crippen LogP contribution in [0.4, 0.5) is 10.1 Å². The van der Waals surface area contributed by atoms with E-state index in [-0.39, 0.29) is 30.7 Å². The molecule has 0 saturated heterocycles. The summed E-state index contributed by atoms with van der Waals surface area (Å²) in [5.41, 5.74) is 3.14. The Bertz CT molecular complexity index is 966. The third-order valence-electron chi connectivity index (χ3n) is 4.98. The van der Waals surface area contributed by atoms with Gasteiger partial charge in [0.2, 0.25) is 11.8 Å². The third-order valence-corrected chi connectivity index (χ3v) is 4.98. The molecule has 0 aliphatic carbocycles. The summed E-state index contributed by atoms with van der Waals surface area (Å²) in [6, 6.07) is 13.1. The Hall–Kier alpha value is -3.24. The molecular formula is C22H23FN4O2. The van der Waals surface area contributed by atoms with Crippen molar-refractivity contribution in [2.45, 2.75) is 18.9 Å². The fourth-order valence-electron chi connectivity index (χ4n) is 3.43. The molecule has 2 amide bonds. The Morgan fingerprint density at radius 1 is 1.21 bits per heavy atom. The lowest BCUT2D eigenvalue weighted by Gasteiger charge is -2.28. The first-order valence-corrected chi connectivity index (χ1v) is 9.34. The summed E-state index contributed by atoms with van der Waals surface area (Å²) in [5, 5.41) is 12.2. The Morgan fingerprint density at radius 3 is 2.48 bits per heavy atom. The molecule has 1 N–H and O–H groups in total. The van der Waals surface area contributed by atoms with Crippen LogP contribution in [0.3, 0.4) is 0 Å². The number of likely N-dealkylation sites (N-methyl/N-ethyl adjacent to an activating group) is 1. The van der Waals surface area contributed by atoms with Crippen molar-refractivity contribution in [1.29, 1.82) is 5.26 Å². The maximum absolute atomic E-state index is 13.2. The van der Waals surface area contributed by atoms with Gasteiger partial charge in [-0.2, -0.15) is 5.26 Å². The summed E-state index contributed by atoms with van der Waals surface area (Å²) < 4.78 is 13.2. The van der Waals surface area contributed by atoms with Gasteiger partial charge >= 0.3 is 0 Å². The Kier molecular flexibility index (Phi) is 5.95. The molecule has 0 aromatic heterocycles. The monoisotopic (exact) mass is 394 g/mol. The zero-order chi connectivity index (χ0) is 21.1. The standard InChI is InChI=1S/C22H23FN4O2/c1-14(11-24)27(21(28)13-26(2)3)12-19-18-10-16(6-9-20(18)25-22(19)29)15-4-7-17(23)8-5-15/h4-10,14,19H,12-13H2,1-3H3,(H,25,29). The van der Waals surface area contributed by atoms with E-state index in [9.17, 15) is 19.2 Å². The Balaban J connectivity index is 1.92. The smallest absolute Gasteiger partial charge is 0.237 e. The minimum absolute atomic E-state index is 0.118. The summed E-state index contributed by atoms with van der Waals surface area (Å²) >= 11 is 0. The van der Waals surface area contributed by atoms with Gasteiger partial charge in [-0.25, -0.2) is 4.39 Å². The average Bonchev–Trinajstić information content (AvgIpc) is 2.99. The first-order valence-electron chi connectivity index (χ1n) is 9.34. The molecule has 0 radical (unpaired) electrons. The zero-order valence-electron chi connectivity index (χ0n) is 16.6. The van der Waals surface area contributed by atoms with Crippen LogP contribution in [0.25, 0.3) is 11.1 Å². The second-order valence-corrected chi connectivity index (χ2v) is 7.44. The van der Waals surface area contributed by atoms with Crippen molar-refractivity contribution in [3.8, 4) is 17.2 Å². The Morgan fingerprint density at radius 2 is 1.86 bits per heavy atom. The maximum Gasteiger partial charge on any atom is 0.237 e. The van der Waals surface area contributed by atoms with E-state index in [0.717, 1.165) is 16.7 Å². The molecule has 0 bridgehead atoms. The lowest BCUT2D eigenvalue weighted by molar-refractivity contribution is -0.133. The first kappa shape index (κ1) is 20.5. The molecule has 150 valence electrons. The highest BCUT2D eigenvalue weighted by atomic mass is 19.1. The SMILES string of the molecule is CC(C#N)N(CC1C(=O)Nc2ccc(-c3ccc(F)cc3)cc21)C(=O)CN(C)C. The number of hydrogen-bond donors (Lipinski definition) is 1. The minimum Gasteiger partial charge on any atom is -0.325 e. The van der Waals surface area contributed by atoms with E-state index in [1.807, 2.05) is 18.2 Å². The van der Waals surface area contributed by atoms with Crippen LogP contribution in [0, 0.1) is 17.1 Å². The number of hydrogen-bond acceptors (Lipinski definition) is 4. The average molecular weight is 394 g/mol. The molecule has 7 heteroatoms. The molecule has 0 saturated carbocycles. The number of rotatable bonds is 6. The maximum atomic E-state index is 13.2. The molecule has 1 aliphatic heterocycles. The fraction of sp³-hybridized carbons (Fsp3) is 0.318. The summed E-state index contributed by atoms with van der Waals surface area (Å²) in [5.74, 6) is -1.30. The van der Waals surface area contributed by atoms with Crippen LogP contribution in [0.15, 0.2) is 42.5 Å². The van der Waals surface area contributed by atoms with Crippen LogP contribution in [-0.4, -0.2) is 54.8 Å². The predicted octanol–water partition coefficient (Wildman–Crippen LogP) is 2.83. The van der Waals surface area contributed by atoms with Crippen LogP contribution >= 0.6 is 0 Å². The van der Waals surface area contributed by atoms with Crippen molar-refractivity contribution in [2.24, 2.45) is 0 Å². The lowest BCUT2D eigenvalue weighted by Crippen LogP contribution is -2.45. The van der Waals surface area contributed by atoms with E-state index in [1.165, 1.54) is 17.0 Å². The number of nitrogens with one attached hydrogen (secondary N) is 1. The Labute approximate surface area is 169 Å². The number of fused-ring (bicyclic) bond motifs is 1. The summed E-state index contributed by atoms with van der Waals surface area (Å²) in [6.45, 7) is 1.92. The van der Waals surface area contributed by atoms with Gasteiger partial charge in [-0.15, -0.1) is 0 Å². The van der Waals surface area contributed by atoms with Gasteiger partial charge in [0.1, 0.15) is 11.9 Å². The van der Waals surface area contributed by atoms with Crippen molar-refractivity contribution in [3.05, 3.63) is 53.8 Å². The van der Waals surface area contributed by atoms with Gasteiger partial charge in [-0.3, -0.25) is 9.59 Å². The number of carbonyl (C=O) groups is 2. The minimum atomic E-state index is -0.653. The second kappa shape index (κ2) is 8.41. The first-order chi connectivity index (χ1) is 13.8. The van der Waals surface area contributed by atoms with Crippen LogP contribution in [0.1, 0.15) is 18.4 Å². The van der Waals surface area contributed by atoms with Gasteiger partial charge in [0.25, 0.3) is 0 Å². The lowest BCUT2D eigenvalue weighted by atomic mass is 9.95. The van der Waals surface area contributed by atoms with Crippen molar-refractivity contribution < 1.29 is 14.0 Å². The largest absolute Gasteiger partial charge is 0.325 e. The van der Waals surface area contributed by atoms with Crippen molar-refractivity contribution in [1.82, 2.24) is 9.80 Å². The van der Waals surface area contributed by atoms with Crippen LogP contribution < -0.4 is 5.32 Å². The van der Waals surface area contributed by atoms with Crippen molar-refractivity contribution >= 4 is 17.5 Å². The van der Waals surface area contributed by atoms with Gasteiger partial charge in [0.15, 0.2) is 0 Å². The number of carbonyl (C=O) groups excluding carboxylic acids is 2. The molecule has 29 heavy (non-hydrogen) atoms. The normalized spacial score (nSPS) is 16.1. The van der Waals surface area contributed by atoms with E-state index in [2.05, 4.69) is 11.4 Å². The number of nitriles is 1. The van der Waals surface area contributed by atoms with Gasteiger partial charge in [0.05, 0.1) is 18.5 Å². The van der Waals surface area contributed by atoms with Crippen molar-refractivity contribution in [3.63, 3.8) is 0 Å². The molecule has 2 unspecified atom stereocenters. The molecule has 2 aromatic carbocycles. The molecule has 1 heterocycles. The molecule has 1 aliphatic rings. The second-order valence-electron chi connectivity index (χ2n) is 7.44. The number of benzene rings is 2. The molecule has 6 nitrogen and oxygen atoms in total. The van der Waals surface area contributed by atoms with E-state index >= 15 is 0 Å². The summed E-state index contributed by atoms with van der Waals surface area (Å²) in [6.07, 6.45) is 0. The molecule has 0 spiro atoms. The van der Waals surface area contributed by atoms with Crippen LogP contribution in [0.2, 0.25) is 0 Å². The number of anilines is 1. The van der Waals surface area contributed by atoms with E-state index < -0.39 is 12.0 Å². The van der Waals surface area contributed by atoms with Gasteiger partial charge < -0.3 is 15.1 Å².